The van der Waals surface area contributed by atoms with Crippen LogP contribution in [0.1, 0.15) is 32.6 Å². The summed E-state index contributed by atoms with van der Waals surface area (Å²) in [6.45, 7) is 5.63. The van der Waals surface area contributed by atoms with Crippen LogP contribution in [0, 0.1) is 5.92 Å². The van der Waals surface area contributed by atoms with Gasteiger partial charge in [-0.15, -0.1) is 0 Å². The van der Waals surface area contributed by atoms with E-state index >= 15 is 0 Å². The molecule has 0 aliphatic carbocycles. The number of carboxylic acids is 1. The number of piperidine rings is 1. The number of hydrogen-bond acceptors (Lipinski definition) is 3. The van der Waals surface area contributed by atoms with Gasteiger partial charge in [0.1, 0.15) is 0 Å². The van der Waals surface area contributed by atoms with Crippen LogP contribution >= 0.6 is 0 Å². The zero-order chi connectivity index (χ0) is 12.4. The highest BCUT2D eigenvalue weighted by molar-refractivity contribution is 5.67. The number of rotatable bonds is 3. The second-order valence-corrected chi connectivity index (χ2v) is 5.76. The second kappa shape index (κ2) is 5.36. The summed E-state index contributed by atoms with van der Waals surface area (Å²) in [5.41, 5.74) is 0. The lowest BCUT2D eigenvalue weighted by atomic mass is 9.92. The molecule has 17 heavy (non-hydrogen) atoms. The molecule has 1 N–H and O–H groups in total. The third-order valence-electron chi connectivity index (χ3n) is 4.49. The van der Waals surface area contributed by atoms with Gasteiger partial charge in [-0.05, 0) is 52.2 Å². The summed E-state index contributed by atoms with van der Waals surface area (Å²) in [5.74, 6) is -0.238. The maximum atomic E-state index is 10.7. The van der Waals surface area contributed by atoms with Gasteiger partial charge in [0.05, 0.1) is 0 Å². The van der Waals surface area contributed by atoms with Crippen molar-refractivity contribution in [1.29, 1.82) is 0 Å². The monoisotopic (exact) mass is 240 g/mol. The normalized spacial score (nSPS) is 33.1. The van der Waals surface area contributed by atoms with E-state index in [0.29, 0.717) is 24.4 Å². The summed E-state index contributed by atoms with van der Waals surface area (Å²) in [6.07, 6.45) is 3.73. The molecule has 4 heteroatoms. The maximum Gasteiger partial charge on any atom is 0.303 e. The first-order valence-electron chi connectivity index (χ1n) is 6.72. The molecule has 4 nitrogen and oxygen atoms in total. The number of carbonyl (C=O) groups is 1. The van der Waals surface area contributed by atoms with E-state index in [-0.39, 0.29) is 0 Å². The summed E-state index contributed by atoms with van der Waals surface area (Å²) in [4.78, 5) is 15.7. The van der Waals surface area contributed by atoms with Gasteiger partial charge in [0.25, 0.3) is 0 Å². The third-order valence-corrected chi connectivity index (χ3v) is 4.49. The molecule has 2 aliphatic rings. The molecule has 0 radical (unpaired) electrons. The van der Waals surface area contributed by atoms with Gasteiger partial charge in [0.15, 0.2) is 0 Å². The molecule has 0 bridgehead atoms. The topological polar surface area (TPSA) is 43.8 Å². The Hall–Kier alpha value is -0.610. The Bertz CT molecular complexity index is 265. The van der Waals surface area contributed by atoms with Crippen molar-refractivity contribution in [2.75, 3.05) is 26.7 Å². The summed E-state index contributed by atoms with van der Waals surface area (Å²) in [5, 5.41) is 8.79. The lowest BCUT2D eigenvalue weighted by molar-refractivity contribution is -0.138. The predicted octanol–water partition coefficient (Wildman–Crippen LogP) is 1.27. The zero-order valence-corrected chi connectivity index (χ0v) is 10.9. The van der Waals surface area contributed by atoms with E-state index in [0.717, 1.165) is 25.9 Å². The van der Waals surface area contributed by atoms with Gasteiger partial charge < -0.3 is 10.0 Å². The summed E-state index contributed by atoms with van der Waals surface area (Å²) < 4.78 is 0. The molecule has 98 valence electrons. The number of aliphatic carboxylic acids is 1. The van der Waals surface area contributed by atoms with Gasteiger partial charge in [-0.3, -0.25) is 9.69 Å². The molecule has 2 fully saturated rings. The lowest BCUT2D eigenvalue weighted by Gasteiger charge is -2.35. The van der Waals surface area contributed by atoms with Crippen molar-refractivity contribution in [2.24, 2.45) is 5.92 Å². The number of likely N-dealkylation sites (N-methyl/N-ethyl adjacent to an activating group) is 1. The van der Waals surface area contributed by atoms with Gasteiger partial charge in [-0.2, -0.15) is 0 Å². The fourth-order valence-electron chi connectivity index (χ4n) is 3.19. The van der Waals surface area contributed by atoms with E-state index in [2.05, 4.69) is 23.8 Å². The molecule has 2 aliphatic heterocycles. The van der Waals surface area contributed by atoms with Crippen molar-refractivity contribution < 1.29 is 9.90 Å². The first-order chi connectivity index (χ1) is 8.06. The number of hydrogen-bond donors (Lipinski definition) is 1. The minimum absolute atomic E-state index is 0.356. The predicted molar refractivity (Wildman–Crippen MR) is 67.0 cm³/mol. The molecule has 0 aromatic heterocycles. The van der Waals surface area contributed by atoms with Crippen molar-refractivity contribution in [3.63, 3.8) is 0 Å². The Kier molecular flexibility index (Phi) is 4.05. The minimum atomic E-state index is -0.641. The minimum Gasteiger partial charge on any atom is -0.481 e. The lowest BCUT2D eigenvalue weighted by Crippen LogP contribution is -2.42. The van der Waals surface area contributed by atoms with Crippen LogP contribution in [0.3, 0.4) is 0 Å². The van der Waals surface area contributed by atoms with Crippen molar-refractivity contribution in [1.82, 2.24) is 9.80 Å². The summed E-state index contributed by atoms with van der Waals surface area (Å²) >= 11 is 0. The highest BCUT2D eigenvalue weighted by Crippen LogP contribution is 2.26. The van der Waals surface area contributed by atoms with Gasteiger partial charge in [-0.1, -0.05) is 0 Å². The Morgan fingerprint density at radius 1 is 1.35 bits per heavy atom. The molecule has 2 saturated heterocycles. The SMILES string of the molecule is CC1CC(N2CCC(CC(=O)O)CC2)CN1C. The van der Waals surface area contributed by atoms with Crippen LogP contribution < -0.4 is 0 Å². The first kappa shape index (κ1) is 12.8. The molecule has 2 unspecified atom stereocenters. The van der Waals surface area contributed by atoms with Crippen molar-refractivity contribution in [3.8, 4) is 0 Å². The van der Waals surface area contributed by atoms with Crippen molar-refractivity contribution in [3.05, 3.63) is 0 Å². The van der Waals surface area contributed by atoms with Gasteiger partial charge in [0, 0.05) is 25.0 Å². The molecule has 2 heterocycles. The van der Waals surface area contributed by atoms with Crippen LogP contribution in [0.4, 0.5) is 0 Å². The fourth-order valence-corrected chi connectivity index (χ4v) is 3.19. The van der Waals surface area contributed by atoms with Crippen molar-refractivity contribution >= 4 is 5.97 Å². The average molecular weight is 240 g/mol. The molecular formula is C13H24N2O2. The molecular weight excluding hydrogens is 216 g/mol. The van der Waals surface area contributed by atoms with E-state index in [4.69, 9.17) is 5.11 Å². The van der Waals surface area contributed by atoms with Gasteiger partial charge in [0.2, 0.25) is 0 Å². The smallest absolute Gasteiger partial charge is 0.303 e. The standard InChI is InChI=1S/C13H24N2O2/c1-10-7-12(9-14(10)2)15-5-3-11(4-6-15)8-13(16)17/h10-12H,3-9H2,1-2H3,(H,16,17). The van der Waals surface area contributed by atoms with Crippen LogP contribution in [-0.4, -0.2) is 59.6 Å². The number of likely N-dealkylation sites (tertiary alicyclic amines) is 2. The van der Waals surface area contributed by atoms with Gasteiger partial charge >= 0.3 is 5.97 Å². The summed E-state index contributed by atoms with van der Waals surface area (Å²) in [6, 6.07) is 1.39. The Morgan fingerprint density at radius 3 is 2.47 bits per heavy atom. The second-order valence-electron chi connectivity index (χ2n) is 5.76. The highest BCUT2D eigenvalue weighted by Gasteiger charge is 2.32. The van der Waals surface area contributed by atoms with Crippen molar-refractivity contribution in [2.45, 2.75) is 44.7 Å². The molecule has 0 saturated carbocycles. The van der Waals surface area contributed by atoms with E-state index in [9.17, 15) is 4.79 Å². The van der Waals surface area contributed by atoms with E-state index in [1.165, 1.54) is 13.0 Å². The van der Waals surface area contributed by atoms with Crippen LogP contribution in [0.15, 0.2) is 0 Å². The Labute approximate surface area is 104 Å². The number of nitrogens with zero attached hydrogens (tertiary/aromatic N) is 2. The van der Waals surface area contributed by atoms with E-state index < -0.39 is 5.97 Å². The van der Waals surface area contributed by atoms with Crippen LogP contribution in [-0.2, 0) is 4.79 Å². The largest absolute Gasteiger partial charge is 0.481 e. The molecule has 0 amide bonds. The maximum absolute atomic E-state index is 10.7. The van der Waals surface area contributed by atoms with Crippen LogP contribution in [0.5, 0.6) is 0 Å². The molecule has 0 aromatic rings. The Balaban J connectivity index is 1.77. The number of carboxylic acid groups (broad SMARTS) is 1. The average Bonchev–Trinajstić information content (AvgIpc) is 2.59. The van der Waals surface area contributed by atoms with Crippen LogP contribution in [0.2, 0.25) is 0 Å². The summed E-state index contributed by atoms with van der Waals surface area (Å²) in [7, 11) is 2.20. The first-order valence-corrected chi connectivity index (χ1v) is 6.72. The van der Waals surface area contributed by atoms with Gasteiger partial charge in [-0.25, -0.2) is 0 Å². The third kappa shape index (κ3) is 3.19. The Morgan fingerprint density at radius 2 is 2.00 bits per heavy atom. The quantitative estimate of drug-likeness (QED) is 0.806. The highest BCUT2D eigenvalue weighted by atomic mass is 16.4. The van der Waals surface area contributed by atoms with E-state index in [1.807, 2.05) is 0 Å². The fraction of sp³-hybridized carbons (Fsp3) is 0.923. The molecule has 2 atom stereocenters. The van der Waals surface area contributed by atoms with Crippen LogP contribution in [0.25, 0.3) is 0 Å². The molecule has 0 aromatic carbocycles. The molecule has 0 spiro atoms. The molecule has 2 rings (SSSR count). The zero-order valence-electron chi connectivity index (χ0n) is 10.9. The van der Waals surface area contributed by atoms with E-state index in [1.54, 1.807) is 0 Å².